The molecule has 1 aliphatic heterocycles. The van der Waals surface area contributed by atoms with E-state index in [-0.39, 0.29) is 11.9 Å². The minimum atomic E-state index is -0.358. The lowest BCUT2D eigenvalue weighted by Gasteiger charge is -2.04. The molecule has 25 heavy (non-hydrogen) atoms. The molecular weight excluding hydrogens is 338 g/mol. The van der Waals surface area contributed by atoms with Gasteiger partial charge >= 0.3 is 5.97 Å². The molecule has 1 N–H and O–H groups in total. The molecule has 0 spiro atoms. The summed E-state index contributed by atoms with van der Waals surface area (Å²) in [7, 11) is 1.36. The fourth-order valence-corrected chi connectivity index (χ4v) is 2.87. The van der Waals surface area contributed by atoms with E-state index in [1.807, 2.05) is 36.4 Å². The van der Waals surface area contributed by atoms with Crippen LogP contribution in [0.25, 0.3) is 11.1 Å². The van der Waals surface area contributed by atoms with Crippen LogP contribution >= 0.6 is 11.8 Å². The number of nitrogens with zero attached hydrogens (tertiary/aromatic N) is 2. The predicted molar refractivity (Wildman–Crippen MR) is 98.8 cm³/mol. The zero-order chi connectivity index (χ0) is 17.6. The van der Waals surface area contributed by atoms with E-state index >= 15 is 0 Å². The summed E-state index contributed by atoms with van der Waals surface area (Å²) in [5.41, 5.74) is 3.37. The van der Waals surface area contributed by atoms with Gasteiger partial charge in [-0.05, 0) is 34.9 Å². The number of rotatable bonds is 4. The van der Waals surface area contributed by atoms with E-state index in [2.05, 4.69) is 15.5 Å². The van der Waals surface area contributed by atoms with Crippen LogP contribution in [0.2, 0.25) is 0 Å². The number of benzene rings is 2. The Morgan fingerprint density at radius 1 is 1.20 bits per heavy atom. The van der Waals surface area contributed by atoms with Gasteiger partial charge in [0.15, 0.2) is 5.17 Å². The molecule has 7 heteroatoms. The van der Waals surface area contributed by atoms with E-state index in [1.54, 1.807) is 18.3 Å². The summed E-state index contributed by atoms with van der Waals surface area (Å²) in [5, 5.41) is 11.1. The number of methoxy groups -OCH3 is 1. The molecule has 1 amide bonds. The van der Waals surface area contributed by atoms with Crippen molar-refractivity contribution < 1.29 is 14.3 Å². The van der Waals surface area contributed by atoms with Gasteiger partial charge in [0.1, 0.15) is 0 Å². The van der Waals surface area contributed by atoms with Crippen molar-refractivity contribution in [2.45, 2.75) is 0 Å². The number of thioether (sulfide) groups is 1. The fourth-order valence-electron chi connectivity index (χ4n) is 2.24. The Balaban J connectivity index is 1.75. The average Bonchev–Trinajstić information content (AvgIpc) is 3.06. The number of carbonyl (C=O) groups is 2. The van der Waals surface area contributed by atoms with Crippen molar-refractivity contribution in [3.63, 3.8) is 0 Å². The maximum Gasteiger partial charge on any atom is 0.337 e. The first-order chi connectivity index (χ1) is 12.2. The number of nitrogens with one attached hydrogen (secondary N) is 1. The number of hydrogen-bond acceptors (Lipinski definition) is 6. The third-order valence-electron chi connectivity index (χ3n) is 3.47. The molecule has 3 rings (SSSR count). The quantitative estimate of drug-likeness (QED) is 0.521. The molecule has 1 aliphatic rings. The Hall–Kier alpha value is -2.93. The first kappa shape index (κ1) is 16.9. The molecule has 126 valence electrons. The Kier molecular flexibility index (Phi) is 5.25. The van der Waals surface area contributed by atoms with Crippen molar-refractivity contribution in [1.82, 2.24) is 5.32 Å². The van der Waals surface area contributed by atoms with Gasteiger partial charge in [-0.3, -0.25) is 4.79 Å². The first-order valence-corrected chi connectivity index (χ1v) is 8.47. The molecule has 1 fully saturated rings. The van der Waals surface area contributed by atoms with Gasteiger partial charge in [0.25, 0.3) is 0 Å². The maximum absolute atomic E-state index is 11.5. The van der Waals surface area contributed by atoms with Crippen molar-refractivity contribution in [1.29, 1.82) is 0 Å². The Labute approximate surface area is 149 Å². The number of amides is 1. The molecule has 0 unspecified atom stereocenters. The molecule has 0 aromatic heterocycles. The van der Waals surface area contributed by atoms with Crippen LogP contribution in [0.3, 0.4) is 0 Å². The van der Waals surface area contributed by atoms with Crippen molar-refractivity contribution in [3.8, 4) is 11.1 Å². The van der Waals surface area contributed by atoms with Crippen LogP contribution in [0, 0.1) is 0 Å². The molecule has 0 radical (unpaired) electrons. The Morgan fingerprint density at radius 3 is 2.68 bits per heavy atom. The van der Waals surface area contributed by atoms with Crippen molar-refractivity contribution >= 4 is 35.0 Å². The zero-order valence-corrected chi connectivity index (χ0v) is 14.2. The molecule has 0 bridgehead atoms. The standard InChI is InChI=1S/C18H15N3O3S/c1-24-17(23)14-7-5-13(6-8-14)15-4-2-3-12(9-15)10-19-21-18-20-16(22)11-25-18/h2-10H,11H2,1H3,(H,20,21,22). The lowest BCUT2D eigenvalue weighted by atomic mass is 10.0. The van der Waals surface area contributed by atoms with Gasteiger partial charge in [-0.25, -0.2) is 4.79 Å². The molecule has 6 nitrogen and oxygen atoms in total. The second-order valence-electron chi connectivity index (χ2n) is 5.18. The van der Waals surface area contributed by atoms with Gasteiger partial charge in [0.05, 0.1) is 24.6 Å². The lowest BCUT2D eigenvalue weighted by molar-refractivity contribution is -0.116. The van der Waals surface area contributed by atoms with Crippen LogP contribution in [0.15, 0.2) is 58.7 Å². The number of hydrogen-bond donors (Lipinski definition) is 1. The summed E-state index contributed by atoms with van der Waals surface area (Å²) in [6.07, 6.45) is 1.63. The highest BCUT2D eigenvalue weighted by molar-refractivity contribution is 8.15. The molecule has 0 atom stereocenters. The molecule has 2 aromatic rings. The third kappa shape index (κ3) is 4.33. The molecule has 1 saturated heterocycles. The van der Waals surface area contributed by atoms with Crippen LogP contribution in [-0.4, -0.2) is 36.1 Å². The van der Waals surface area contributed by atoms with Crippen LogP contribution < -0.4 is 5.32 Å². The minimum absolute atomic E-state index is 0.0589. The molecule has 2 aromatic carbocycles. The third-order valence-corrected chi connectivity index (χ3v) is 4.33. The number of amidine groups is 1. The lowest BCUT2D eigenvalue weighted by Crippen LogP contribution is -2.19. The second-order valence-corrected chi connectivity index (χ2v) is 6.15. The molecule has 0 saturated carbocycles. The fraction of sp³-hybridized carbons (Fsp3) is 0.111. The number of ether oxygens (including phenoxy) is 1. The smallest absolute Gasteiger partial charge is 0.337 e. The predicted octanol–water partition coefficient (Wildman–Crippen LogP) is 2.69. The van der Waals surface area contributed by atoms with Crippen molar-refractivity contribution in [2.75, 3.05) is 12.9 Å². The molecular formula is C18H15N3O3S. The van der Waals surface area contributed by atoms with Crippen molar-refractivity contribution in [2.24, 2.45) is 10.2 Å². The Morgan fingerprint density at radius 2 is 2.00 bits per heavy atom. The summed E-state index contributed by atoms with van der Waals surface area (Å²) in [6.45, 7) is 0. The highest BCUT2D eigenvalue weighted by atomic mass is 32.2. The summed E-state index contributed by atoms with van der Waals surface area (Å²) in [5.74, 6) is -0.0365. The zero-order valence-electron chi connectivity index (χ0n) is 13.4. The van der Waals surface area contributed by atoms with Gasteiger partial charge in [-0.15, -0.1) is 5.10 Å². The van der Waals surface area contributed by atoms with Gasteiger partial charge in [0, 0.05) is 0 Å². The molecule has 1 heterocycles. The second kappa shape index (κ2) is 7.76. The SMILES string of the molecule is COC(=O)c1ccc(-c2cccc(C=NN=C3NC(=O)CS3)c2)cc1. The highest BCUT2D eigenvalue weighted by Gasteiger charge is 2.15. The topological polar surface area (TPSA) is 80.1 Å². The van der Waals surface area contributed by atoms with Gasteiger partial charge in [-0.2, -0.15) is 5.10 Å². The summed E-state index contributed by atoms with van der Waals surface area (Å²) >= 11 is 1.33. The monoisotopic (exact) mass is 353 g/mol. The van der Waals surface area contributed by atoms with Gasteiger partial charge < -0.3 is 10.1 Å². The van der Waals surface area contributed by atoms with E-state index in [9.17, 15) is 9.59 Å². The normalized spacial score (nSPS) is 15.6. The highest BCUT2D eigenvalue weighted by Crippen LogP contribution is 2.21. The van der Waals surface area contributed by atoms with Crippen LogP contribution in [0.5, 0.6) is 0 Å². The summed E-state index contributed by atoms with van der Waals surface area (Å²) in [4.78, 5) is 22.6. The van der Waals surface area contributed by atoms with E-state index in [4.69, 9.17) is 4.74 Å². The summed E-state index contributed by atoms with van der Waals surface area (Å²) < 4.78 is 4.70. The van der Waals surface area contributed by atoms with E-state index in [0.29, 0.717) is 16.5 Å². The van der Waals surface area contributed by atoms with E-state index < -0.39 is 0 Å². The van der Waals surface area contributed by atoms with Crippen molar-refractivity contribution in [3.05, 3.63) is 59.7 Å². The average molecular weight is 353 g/mol. The minimum Gasteiger partial charge on any atom is -0.465 e. The largest absolute Gasteiger partial charge is 0.465 e. The number of carbonyl (C=O) groups excluding carboxylic acids is 2. The van der Waals surface area contributed by atoms with E-state index in [0.717, 1.165) is 16.7 Å². The van der Waals surface area contributed by atoms with Gasteiger partial charge in [0.2, 0.25) is 5.91 Å². The first-order valence-electron chi connectivity index (χ1n) is 7.48. The van der Waals surface area contributed by atoms with Gasteiger partial charge in [-0.1, -0.05) is 42.1 Å². The van der Waals surface area contributed by atoms with E-state index in [1.165, 1.54) is 18.9 Å². The van der Waals surface area contributed by atoms with Crippen LogP contribution in [-0.2, 0) is 9.53 Å². The molecule has 0 aliphatic carbocycles. The van der Waals surface area contributed by atoms with Crippen LogP contribution in [0.1, 0.15) is 15.9 Å². The maximum atomic E-state index is 11.5. The summed E-state index contributed by atoms with van der Waals surface area (Å²) in [6, 6.07) is 15.0. The number of esters is 1. The Bertz CT molecular complexity index is 860. The van der Waals surface area contributed by atoms with Crippen LogP contribution in [0.4, 0.5) is 0 Å².